The van der Waals surface area contributed by atoms with Gasteiger partial charge in [-0.2, -0.15) is 5.10 Å². The maximum atomic E-state index is 14.8. The largest absolute Gasteiger partial charge is 0.356 e. The summed E-state index contributed by atoms with van der Waals surface area (Å²) >= 11 is 0. The lowest BCUT2D eigenvalue weighted by Gasteiger charge is -2.23. The van der Waals surface area contributed by atoms with Gasteiger partial charge >= 0.3 is 5.69 Å². The van der Waals surface area contributed by atoms with Crippen molar-refractivity contribution in [3.63, 3.8) is 0 Å². The van der Waals surface area contributed by atoms with E-state index in [2.05, 4.69) is 20.4 Å². The van der Waals surface area contributed by atoms with E-state index < -0.39 is 28.9 Å². The van der Waals surface area contributed by atoms with E-state index in [1.807, 2.05) is 13.8 Å². The third-order valence-electron chi connectivity index (χ3n) is 6.65. The number of H-pyrrole nitrogens is 1. The van der Waals surface area contributed by atoms with Crippen LogP contribution in [0.25, 0.3) is 22.6 Å². The van der Waals surface area contributed by atoms with Crippen LogP contribution in [0.3, 0.4) is 0 Å². The molecule has 2 N–H and O–H groups in total. The van der Waals surface area contributed by atoms with Gasteiger partial charge in [-0.3, -0.25) is 23.4 Å². The monoisotopic (exact) mass is 511 g/mol. The highest BCUT2D eigenvalue weighted by molar-refractivity contribution is 5.78. The molecule has 1 aliphatic heterocycles. The van der Waals surface area contributed by atoms with Crippen LogP contribution >= 0.6 is 0 Å². The van der Waals surface area contributed by atoms with Gasteiger partial charge in [-0.05, 0) is 18.9 Å². The number of hydrogen-bond donors (Lipinski definition) is 2. The second kappa shape index (κ2) is 9.75. The van der Waals surface area contributed by atoms with Crippen molar-refractivity contribution < 1.29 is 13.6 Å². The first-order valence-electron chi connectivity index (χ1n) is 12.3. The molecule has 1 aromatic carbocycles. The van der Waals surface area contributed by atoms with E-state index in [4.69, 9.17) is 0 Å². The molecule has 37 heavy (non-hydrogen) atoms. The molecule has 10 nitrogen and oxygen atoms in total. The predicted molar refractivity (Wildman–Crippen MR) is 132 cm³/mol. The van der Waals surface area contributed by atoms with Crippen LogP contribution in [0.4, 0.5) is 8.78 Å². The van der Waals surface area contributed by atoms with E-state index in [1.54, 1.807) is 6.20 Å². The van der Waals surface area contributed by atoms with Crippen LogP contribution in [-0.2, 0) is 17.9 Å². The van der Waals surface area contributed by atoms with Crippen molar-refractivity contribution in [2.45, 2.75) is 52.2 Å². The van der Waals surface area contributed by atoms with Crippen molar-refractivity contribution in [3.8, 4) is 11.4 Å². The van der Waals surface area contributed by atoms with Gasteiger partial charge in [0.15, 0.2) is 5.65 Å². The van der Waals surface area contributed by atoms with Crippen molar-refractivity contribution in [1.82, 2.24) is 34.2 Å². The molecule has 3 aromatic heterocycles. The van der Waals surface area contributed by atoms with E-state index >= 15 is 0 Å². The minimum Gasteiger partial charge on any atom is -0.356 e. The number of aromatic amines is 1. The SMILES string of the molecule is CCCn1c(=O)c2[nH]c(-c3cnn(C(c4ccc(F)cc4F)C4CNC(=O)C4)c3)nc2n(CCC)c1=O. The zero-order valence-corrected chi connectivity index (χ0v) is 20.5. The molecule has 0 radical (unpaired) electrons. The average Bonchev–Trinajstić information content (AvgIpc) is 3.61. The Morgan fingerprint density at radius 2 is 1.86 bits per heavy atom. The van der Waals surface area contributed by atoms with Crippen molar-refractivity contribution in [1.29, 1.82) is 0 Å². The lowest BCUT2D eigenvalue weighted by atomic mass is 9.91. The molecular weight excluding hydrogens is 484 g/mol. The van der Waals surface area contributed by atoms with Gasteiger partial charge in [-0.15, -0.1) is 0 Å². The topological polar surface area (TPSA) is 120 Å². The van der Waals surface area contributed by atoms with Crippen LogP contribution in [0.15, 0.2) is 40.2 Å². The second-order valence-corrected chi connectivity index (χ2v) is 9.26. The van der Waals surface area contributed by atoms with Crippen LogP contribution in [-0.4, -0.2) is 41.3 Å². The highest BCUT2D eigenvalue weighted by Crippen LogP contribution is 2.33. The summed E-state index contributed by atoms with van der Waals surface area (Å²) in [6.45, 7) is 4.84. The summed E-state index contributed by atoms with van der Waals surface area (Å²) in [4.78, 5) is 45.6. The van der Waals surface area contributed by atoms with Gasteiger partial charge in [0.05, 0.1) is 17.8 Å². The zero-order valence-electron chi connectivity index (χ0n) is 20.5. The Hall–Kier alpha value is -4.09. The summed E-state index contributed by atoms with van der Waals surface area (Å²) in [5, 5.41) is 7.18. The third-order valence-corrected chi connectivity index (χ3v) is 6.65. The number of rotatable bonds is 8. The number of fused-ring (bicyclic) bond motifs is 1. The number of imidazole rings is 1. The summed E-state index contributed by atoms with van der Waals surface area (Å²) in [6, 6.07) is 2.66. The Morgan fingerprint density at radius 3 is 2.54 bits per heavy atom. The molecule has 1 fully saturated rings. The minimum absolute atomic E-state index is 0.153. The maximum Gasteiger partial charge on any atom is 0.332 e. The van der Waals surface area contributed by atoms with Gasteiger partial charge in [0.25, 0.3) is 5.56 Å². The Morgan fingerprint density at radius 1 is 1.11 bits per heavy atom. The van der Waals surface area contributed by atoms with E-state index in [1.165, 1.54) is 32.1 Å². The smallest absolute Gasteiger partial charge is 0.332 e. The van der Waals surface area contributed by atoms with E-state index in [0.717, 1.165) is 6.07 Å². The molecule has 0 aliphatic carbocycles. The van der Waals surface area contributed by atoms with Crippen LogP contribution in [0.5, 0.6) is 0 Å². The van der Waals surface area contributed by atoms with Crippen LogP contribution < -0.4 is 16.6 Å². The maximum absolute atomic E-state index is 14.8. The standard InChI is InChI=1S/C25H27F2N7O3/c1-3-7-32-23-20(24(36)33(8-4-2)25(32)37)30-22(31-23)15-12-29-34(13-15)21(14-9-19(35)28-11-14)17-6-5-16(26)10-18(17)27/h5-6,10,12-14,21H,3-4,7-9,11H2,1-2H3,(H,28,35)(H,30,31). The Balaban J connectivity index is 1.61. The Bertz CT molecular complexity index is 1600. The number of halogens is 2. The zero-order chi connectivity index (χ0) is 26.3. The summed E-state index contributed by atoms with van der Waals surface area (Å²) < 4.78 is 32.7. The first-order valence-corrected chi connectivity index (χ1v) is 12.3. The van der Waals surface area contributed by atoms with E-state index in [0.29, 0.717) is 43.9 Å². The molecule has 5 rings (SSSR count). The van der Waals surface area contributed by atoms with Crippen LogP contribution in [0, 0.1) is 17.6 Å². The van der Waals surface area contributed by atoms with E-state index in [-0.39, 0.29) is 35.0 Å². The number of aromatic nitrogens is 6. The van der Waals surface area contributed by atoms with Crippen molar-refractivity contribution in [3.05, 3.63) is 68.6 Å². The molecule has 2 unspecified atom stereocenters. The summed E-state index contributed by atoms with van der Waals surface area (Å²) in [5.74, 6) is -1.57. The van der Waals surface area contributed by atoms with Crippen molar-refractivity contribution in [2.75, 3.05) is 6.54 Å². The minimum atomic E-state index is -0.731. The first kappa shape index (κ1) is 24.6. The Kier molecular flexibility index (Phi) is 6.48. The van der Waals surface area contributed by atoms with Gasteiger partial charge in [0.1, 0.15) is 23.0 Å². The number of nitrogens with zero attached hydrogens (tertiary/aromatic N) is 5. The Labute approximate surface area is 209 Å². The van der Waals surface area contributed by atoms with Crippen molar-refractivity contribution >= 4 is 17.1 Å². The van der Waals surface area contributed by atoms with Crippen LogP contribution in [0.2, 0.25) is 0 Å². The molecule has 0 bridgehead atoms. The number of carbonyl (C=O) groups excluding carboxylic acids is 1. The number of nitrogens with one attached hydrogen (secondary N) is 2. The summed E-state index contributed by atoms with van der Waals surface area (Å²) in [6.07, 6.45) is 4.63. The number of amides is 1. The number of carbonyl (C=O) groups is 1. The second-order valence-electron chi connectivity index (χ2n) is 9.26. The molecule has 12 heteroatoms. The van der Waals surface area contributed by atoms with Gasteiger partial charge in [0.2, 0.25) is 5.91 Å². The fraction of sp³-hybridized carbons (Fsp3) is 0.400. The normalized spacial score (nSPS) is 16.4. The number of hydrogen-bond acceptors (Lipinski definition) is 5. The van der Waals surface area contributed by atoms with E-state index in [9.17, 15) is 23.2 Å². The van der Waals surface area contributed by atoms with Gasteiger partial charge in [-0.25, -0.2) is 18.6 Å². The highest BCUT2D eigenvalue weighted by Gasteiger charge is 2.34. The summed E-state index contributed by atoms with van der Waals surface area (Å²) in [5.41, 5.74) is 0.358. The molecule has 0 saturated carbocycles. The molecule has 2 atom stereocenters. The van der Waals surface area contributed by atoms with Gasteiger partial charge < -0.3 is 10.3 Å². The first-order chi connectivity index (χ1) is 17.8. The fourth-order valence-corrected chi connectivity index (χ4v) is 4.97. The summed E-state index contributed by atoms with van der Waals surface area (Å²) in [7, 11) is 0. The van der Waals surface area contributed by atoms with Crippen molar-refractivity contribution in [2.24, 2.45) is 5.92 Å². The van der Waals surface area contributed by atoms with Gasteiger partial charge in [-0.1, -0.05) is 19.9 Å². The number of benzene rings is 1. The molecule has 1 aliphatic rings. The molecular formula is C25H27F2N7O3. The molecule has 1 amide bonds. The fourth-order valence-electron chi connectivity index (χ4n) is 4.97. The van der Waals surface area contributed by atoms with Gasteiger partial charge in [0, 0.05) is 49.8 Å². The molecule has 1 saturated heterocycles. The quantitative estimate of drug-likeness (QED) is 0.377. The molecule has 194 valence electrons. The molecule has 4 aromatic rings. The molecule has 4 heterocycles. The number of aryl methyl sites for hydroxylation is 1. The lowest BCUT2D eigenvalue weighted by Crippen LogP contribution is -2.40. The third kappa shape index (κ3) is 4.36. The molecule has 0 spiro atoms. The lowest BCUT2D eigenvalue weighted by molar-refractivity contribution is -0.119. The van der Waals surface area contributed by atoms with Crippen LogP contribution in [0.1, 0.15) is 44.7 Å². The average molecular weight is 512 g/mol. The predicted octanol–water partition coefficient (Wildman–Crippen LogP) is 2.57. The highest BCUT2D eigenvalue weighted by atomic mass is 19.1.